The average molecular weight is 229 g/mol. The van der Waals surface area contributed by atoms with Gasteiger partial charge in [0.05, 0.1) is 5.02 Å². The normalized spacial score (nSPS) is 11.9. The maximum atomic E-state index is 10.5. The minimum absolute atomic E-state index is 0.215. The average Bonchev–Trinajstić information content (AvgIpc) is 2.20. The van der Waals surface area contributed by atoms with E-state index < -0.39 is 12.1 Å². The zero-order valence-corrected chi connectivity index (χ0v) is 8.69. The van der Waals surface area contributed by atoms with E-state index in [-0.39, 0.29) is 10.8 Å². The SMILES string of the molecule is CC(Oc1ccc(C=O)cc1Cl)C(=O)O. The Kier molecular flexibility index (Phi) is 3.68. The number of benzene rings is 1. The van der Waals surface area contributed by atoms with E-state index in [1.807, 2.05) is 0 Å². The lowest BCUT2D eigenvalue weighted by molar-refractivity contribution is -0.144. The molecule has 0 aliphatic heterocycles. The number of ether oxygens (including phenoxy) is 1. The molecular weight excluding hydrogens is 220 g/mol. The van der Waals surface area contributed by atoms with Crippen molar-refractivity contribution in [3.63, 3.8) is 0 Å². The van der Waals surface area contributed by atoms with Gasteiger partial charge in [-0.05, 0) is 25.1 Å². The number of carboxylic acids is 1. The molecule has 1 N–H and O–H groups in total. The number of rotatable bonds is 4. The first-order valence-corrected chi connectivity index (χ1v) is 4.56. The molecule has 0 amide bonds. The van der Waals surface area contributed by atoms with Gasteiger partial charge in [0, 0.05) is 5.56 Å². The highest BCUT2D eigenvalue weighted by molar-refractivity contribution is 6.32. The quantitative estimate of drug-likeness (QED) is 0.801. The predicted octanol–water partition coefficient (Wildman–Crippen LogP) is 2.00. The van der Waals surface area contributed by atoms with E-state index in [1.165, 1.54) is 25.1 Å². The van der Waals surface area contributed by atoms with Crippen LogP contribution in [0.2, 0.25) is 5.02 Å². The first kappa shape index (κ1) is 11.5. The van der Waals surface area contributed by atoms with Crippen molar-refractivity contribution >= 4 is 23.9 Å². The highest BCUT2D eigenvalue weighted by atomic mass is 35.5. The maximum absolute atomic E-state index is 10.5. The third kappa shape index (κ3) is 2.95. The van der Waals surface area contributed by atoms with Gasteiger partial charge in [-0.1, -0.05) is 11.6 Å². The van der Waals surface area contributed by atoms with Crippen molar-refractivity contribution < 1.29 is 19.4 Å². The van der Waals surface area contributed by atoms with Gasteiger partial charge in [-0.15, -0.1) is 0 Å². The zero-order chi connectivity index (χ0) is 11.4. The van der Waals surface area contributed by atoms with Crippen LogP contribution in [0.25, 0.3) is 0 Å². The summed E-state index contributed by atoms with van der Waals surface area (Å²) in [5.41, 5.74) is 0.412. The Hall–Kier alpha value is -1.55. The van der Waals surface area contributed by atoms with Gasteiger partial charge in [-0.2, -0.15) is 0 Å². The third-order valence-electron chi connectivity index (χ3n) is 1.74. The van der Waals surface area contributed by atoms with E-state index in [9.17, 15) is 9.59 Å². The van der Waals surface area contributed by atoms with E-state index in [0.29, 0.717) is 11.8 Å². The lowest BCUT2D eigenvalue weighted by Crippen LogP contribution is -2.22. The number of aldehydes is 1. The predicted molar refractivity (Wildman–Crippen MR) is 54.6 cm³/mol. The molecule has 1 atom stereocenters. The summed E-state index contributed by atoms with van der Waals surface area (Å²) in [5, 5.41) is 8.83. The smallest absolute Gasteiger partial charge is 0.344 e. The standard InChI is InChI=1S/C10H9ClO4/c1-6(10(13)14)15-9-3-2-7(5-12)4-8(9)11/h2-6H,1H3,(H,13,14). The molecule has 0 aliphatic carbocycles. The molecule has 0 radical (unpaired) electrons. The number of hydrogen-bond donors (Lipinski definition) is 1. The first-order chi connectivity index (χ1) is 7.04. The molecule has 15 heavy (non-hydrogen) atoms. The highest BCUT2D eigenvalue weighted by Crippen LogP contribution is 2.25. The Labute approximate surface area is 91.4 Å². The molecule has 1 aromatic rings. The number of halogens is 1. The zero-order valence-electron chi connectivity index (χ0n) is 7.94. The second-order valence-electron chi connectivity index (χ2n) is 2.91. The second-order valence-corrected chi connectivity index (χ2v) is 3.31. The molecule has 4 nitrogen and oxygen atoms in total. The minimum Gasteiger partial charge on any atom is -0.479 e. The summed E-state index contributed by atoms with van der Waals surface area (Å²) < 4.78 is 5.06. The van der Waals surface area contributed by atoms with Gasteiger partial charge >= 0.3 is 5.97 Å². The number of hydrogen-bond acceptors (Lipinski definition) is 3. The van der Waals surface area contributed by atoms with E-state index in [0.717, 1.165) is 0 Å². The highest BCUT2D eigenvalue weighted by Gasteiger charge is 2.14. The fourth-order valence-corrected chi connectivity index (χ4v) is 1.16. The van der Waals surface area contributed by atoms with E-state index in [2.05, 4.69) is 0 Å². The summed E-state index contributed by atoms with van der Waals surface area (Å²) in [4.78, 5) is 20.9. The van der Waals surface area contributed by atoms with Gasteiger partial charge in [0.25, 0.3) is 0 Å². The molecule has 0 fully saturated rings. The van der Waals surface area contributed by atoms with Crippen LogP contribution in [0.1, 0.15) is 17.3 Å². The Balaban J connectivity index is 2.87. The van der Waals surface area contributed by atoms with E-state index in [1.54, 1.807) is 0 Å². The molecule has 0 bridgehead atoms. The van der Waals surface area contributed by atoms with Crippen LogP contribution in [0.3, 0.4) is 0 Å². The Morgan fingerprint density at radius 1 is 1.60 bits per heavy atom. The molecule has 0 aromatic heterocycles. The fraction of sp³-hybridized carbons (Fsp3) is 0.200. The molecule has 5 heteroatoms. The van der Waals surface area contributed by atoms with Crippen LogP contribution < -0.4 is 4.74 Å². The summed E-state index contributed by atoms with van der Waals surface area (Å²) in [5.74, 6) is -0.831. The molecule has 0 spiro atoms. The Morgan fingerprint density at radius 3 is 2.73 bits per heavy atom. The number of aliphatic carboxylic acids is 1. The maximum Gasteiger partial charge on any atom is 0.344 e. The lowest BCUT2D eigenvalue weighted by Gasteiger charge is -2.11. The molecule has 1 rings (SSSR count). The van der Waals surface area contributed by atoms with E-state index in [4.69, 9.17) is 21.4 Å². The minimum atomic E-state index is -1.08. The van der Waals surface area contributed by atoms with Crippen LogP contribution in [0.4, 0.5) is 0 Å². The second kappa shape index (κ2) is 4.79. The van der Waals surface area contributed by atoms with Gasteiger partial charge in [0.15, 0.2) is 6.10 Å². The monoisotopic (exact) mass is 228 g/mol. The van der Waals surface area contributed by atoms with Crippen LogP contribution >= 0.6 is 11.6 Å². The number of carbonyl (C=O) groups is 2. The lowest BCUT2D eigenvalue weighted by atomic mass is 10.2. The summed E-state index contributed by atoms with van der Waals surface area (Å²) in [6, 6.07) is 4.38. The number of carboxylic acid groups (broad SMARTS) is 1. The van der Waals surface area contributed by atoms with Crippen LogP contribution in [-0.2, 0) is 4.79 Å². The van der Waals surface area contributed by atoms with Crippen molar-refractivity contribution in [1.29, 1.82) is 0 Å². The third-order valence-corrected chi connectivity index (χ3v) is 2.04. The Bertz CT molecular complexity index is 389. The molecular formula is C10H9ClO4. The van der Waals surface area contributed by atoms with Gasteiger partial charge < -0.3 is 9.84 Å². The van der Waals surface area contributed by atoms with E-state index >= 15 is 0 Å². The summed E-state index contributed by atoms with van der Waals surface area (Å²) in [6.45, 7) is 1.40. The number of carbonyl (C=O) groups excluding carboxylic acids is 1. The topological polar surface area (TPSA) is 63.6 Å². The molecule has 0 aliphatic rings. The summed E-state index contributed by atoms with van der Waals surface area (Å²) in [6.07, 6.45) is -0.333. The summed E-state index contributed by atoms with van der Waals surface area (Å²) in [7, 11) is 0. The van der Waals surface area contributed by atoms with Crippen molar-refractivity contribution in [2.24, 2.45) is 0 Å². The van der Waals surface area contributed by atoms with Crippen LogP contribution in [0.15, 0.2) is 18.2 Å². The molecule has 1 aromatic carbocycles. The van der Waals surface area contributed by atoms with Crippen molar-refractivity contribution in [3.8, 4) is 5.75 Å². The molecule has 0 saturated heterocycles. The summed E-state index contributed by atoms with van der Waals surface area (Å²) >= 11 is 5.78. The van der Waals surface area contributed by atoms with Crippen molar-refractivity contribution in [3.05, 3.63) is 28.8 Å². The van der Waals surface area contributed by atoms with Gasteiger partial charge in [0.2, 0.25) is 0 Å². The first-order valence-electron chi connectivity index (χ1n) is 4.18. The van der Waals surface area contributed by atoms with Gasteiger partial charge in [-0.3, -0.25) is 4.79 Å². The molecule has 80 valence electrons. The van der Waals surface area contributed by atoms with Crippen LogP contribution in [0, 0.1) is 0 Å². The van der Waals surface area contributed by atoms with Crippen molar-refractivity contribution in [2.75, 3.05) is 0 Å². The van der Waals surface area contributed by atoms with Crippen LogP contribution in [-0.4, -0.2) is 23.5 Å². The largest absolute Gasteiger partial charge is 0.479 e. The Morgan fingerprint density at radius 2 is 2.27 bits per heavy atom. The molecule has 0 saturated carbocycles. The van der Waals surface area contributed by atoms with Gasteiger partial charge in [0.1, 0.15) is 12.0 Å². The fourth-order valence-electron chi connectivity index (χ4n) is 0.927. The van der Waals surface area contributed by atoms with Gasteiger partial charge in [-0.25, -0.2) is 4.79 Å². The van der Waals surface area contributed by atoms with Crippen LogP contribution in [0.5, 0.6) is 5.75 Å². The molecule has 0 heterocycles. The molecule has 1 unspecified atom stereocenters. The van der Waals surface area contributed by atoms with Crippen molar-refractivity contribution in [2.45, 2.75) is 13.0 Å². The van der Waals surface area contributed by atoms with Crippen molar-refractivity contribution in [1.82, 2.24) is 0 Å².